The molecule has 0 aromatic heterocycles. The number of para-hydroxylation sites is 1. The molecule has 0 heterocycles. The maximum absolute atomic E-state index is 12.5. The topological polar surface area (TPSA) is 57.6 Å². The summed E-state index contributed by atoms with van der Waals surface area (Å²) >= 11 is 6.03. The zero-order chi connectivity index (χ0) is 15.6. The first-order chi connectivity index (χ1) is 9.91. The van der Waals surface area contributed by atoms with Gasteiger partial charge in [-0.1, -0.05) is 29.8 Å². The molecule has 0 aliphatic rings. The molecule has 4 nitrogen and oxygen atoms in total. The Morgan fingerprint density at radius 2 is 1.81 bits per heavy atom. The SMILES string of the molecule is Cc1ccc(C(=O)N(C)c2ccccc2C(=O)O)cc1Cl. The summed E-state index contributed by atoms with van der Waals surface area (Å²) in [4.78, 5) is 25.0. The van der Waals surface area contributed by atoms with E-state index in [2.05, 4.69) is 0 Å². The number of aryl methyl sites for hydroxylation is 1. The maximum atomic E-state index is 12.5. The molecule has 0 aliphatic heterocycles. The summed E-state index contributed by atoms with van der Waals surface area (Å²) in [6.07, 6.45) is 0. The van der Waals surface area contributed by atoms with E-state index in [4.69, 9.17) is 11.6 Å². The van der Waals surface area contributed by atoms with Crippen LogP contribution >= 0.6 is 11.6 Å². The molecule has 2 aromatic carbocycles. The van der Waals surface area contributed by atoms with Crippen molar-refractivity contribution in [3.05, 3.63) is 64.2 Å². The van der Waals surface area contributed by atoms with Gasteiger partial charge >= 0.3 is 5.97 Å². The lowest BCUT2D eigenvalue weighted by atomic mass is 10.1. The van der Waals surface area contributed by atoms with Crippen LogP contribution in [0.5, 0.6) is 0 Å². The van der Waals surface area contributed by atoms with Crippen molar-refractivity contribution >= 4 is 29.2 Å². The standard InChI is InChI=1S/C16H14ClNO3/c1-10-7-8-11(9-13(10)17)15(19)18(2)14-6-4-3-5-12(14)16(20)21/h3-9H,1-2H3,(H,20,21). The Bertz CT molecular complexity index is 712. The second-order valence-corrected chi connectivity index (χ2v) is 5.06. The fraction of sp³-hybridized carbons (Fsp3) is 0.125. The monoisotopic (exact) mass is 303 g/mol. The fourth-order valence-corrected chi connectivity index (χ4v) is 2.16. The second-order valence-electron chi connectivity index (χ2n) is 4.65. The van der Waals surface area contributed by atoms with Gasteiger partial charge in [-0.15, -0.1) is 0 Å². The average Bonchev–Trinajstić information content (AvgIpc) is 2.48. The number of carboxylic acids is 1. The van der Waals surface area contributed by atoms with Crippen LogP contribution in [0.3, 0.4) is 0 Å². The van der Waals surface area contributed by atoms with Crippen LogP contribution < -0.4 is 4.90 Å². The molecule has 0 saturated heterocycles. The van der Waals surface area contributed by atoms with E-state index in [1.165, 1.54) is 18.0 Å². The first kappa shape index (κ1) is 15.1. The normalized spacial score (nSPS) is 10.2. The molecular weight excluding hydrogens is 290 g/mol. The Kier molecular flexibility index (Phi) is 4.29. The minimum atomic E-state index is -1.08. The third-order valence-corrected chi connectivity index (χ3v) is 3.63. The minimum absolute atomic E-state index is 0.0755. The summed E-state index contributed by atoms with van der Waals surface area (Å²) in [7, 11) is 1.54. The van der Waals surface area contributed by atoms with E-state index in [0.717, 1.165) is 5.56 Å². The molecule has 108 valence electrons. The number of rotatable bonds is 3. The molecular formula is C16H14ClNO3. The summed E-state index contributed by atoms with van der Waals surface area (Å²) in [6.45, 7) is 1.85. The first-order valence-corrected chi connectivity index (χ1v) is 6.66. The highest BCUT2D eigenvalue weighted by molar-refractivity contribution is 6.31. The number of halogens is 1. The van der Waals surface area contributed by atoms with E-state index < -0.39 is 5.97 Å². The predicted molar refractivity (Wildman–Crippen MR) is 82.3 cm³/mol. The minimum Gasteiger partial charge on any atom is -0.478 e. The Morgan fingerprint density at radius 1 is 1.14 bits per heavy atom. The lowest BCUT2D eigenvalue weighted by Crippen LogP contribution is -2.27. The van der Waals surface area contributed by atoms with Gasteiger partial charge in [-0.25, -0.2) is 4.79 Å². The number of carbonyl (C=O) groups excluding carboxylic acids is 1. The van der Waals surface area contributed by atoms with Crippen molar-refractivity contribution in [2.24, 2.45) is 0 Å². The van der Waals surface area contributed by atoms with Crippen molar-refractivity contribution in [2.45, 2.75) is 6.92 Å². The largest absolute Gasteiger partial charge is 0.478 e. The van der Waals surface area contributed by atoms with Crippen LogP contribution in [-0.2, 0) is 0 Å². The van der Waals surface area contributed by atoms with Gasteiger partial charge in [-0.3, -0.25) is 4.79 Å². The van der Waals surface area contributed by atoms with Gasteiger partial charge in [-0.05, 0) is 36.8 Å². The summed E-state index contributed by atoms with van der Waals surface area (Å²) in [6, 6.07) is 11.4. The van der Waals surface area contributed by atoms with Gasteiger partial charge in [0.2, 0.25) is 0 Å². The van der Waals surface area contributed by atoms with Crippen molar-refractivity contribution in [3.8, 4) is 0 Å². The van der Waals surface area contributed by atoms with Gasteiger partial charge in [0.05, 0.1) is 11.3 Å². The number of carbonyl (C=O) groups is 2. The summed E-state index contributed by atoms with van der Waals surface area (Å²) in [5.41, 5.74) is 1.70. The van der Waals surface area contributed by atoms with Gasteiger partial charge in [-0.2, -0.15) is 0 Å². The molecule has 0 radical (unpaired) electrons. The van der Waals surface area contributed by atoms with Crippen LogP contribution in [-0.4, -0.2) is 24.0 Å². The Balaban J connectivity index is 2.40. The smallest absolute Gasteiger partial charge is 0.337 e. The second kappa shape index (κ2) is 5.97. The third kappa shape index (κ3) is 3.06. The highest BCUT2D eigenvalue weighted by Crippen LogP contribution is 2.23. The molecule has 1 N–H and O–H groups in total. The molecule has 0 fully saturated rings. The highest BCUT2D eigenvalue weighted by atomic mass is 35.5. The van der Waals surface area contributed by atoms with E-state index in [1.807, 2.05) is 6.92 Å². The number of carboxylic acid groups (broad SMARTS) is 1. The van der Waals surface area contributed by atoms with Gasteiger partial charge in [0.15, 0.2) is 0 Å². The molecule has 0 unspecified atom stereocenters. The van der Waals surface area contributed by atoms with Gasteiger partial charge in [0.25, 0.3) is 5.91 Å². The zero-order valence-electron chi connectivity index (χ0n) is 11.6. The van der Waals surface area contributed by atoms with E-state index in [-0.39, 0.29) is 11.5 Å². The number of amides is 1. The molecule has 2 rings (SSSR count). The molecule has 0 aliphatic carbocycles. The molecule has 0 saturated carbocycles. The lowest BCUT2D eigenvalue weighted by Gasteiger charge is -2.19. The van der Waals surface area contributed by atoms with Crippen molar-refractivity contribution < 1.29 is 14.7 Å². The van der Waals surface area contributed by atoms with Crippen LogP contribution in [0.4, 0.5) is 5.69 Å². The van der Waals surface area contributed by atoms with Crippen LogP contribution in [0.15, 0.2) is 42.5 Å². The maximum Gasteiger partial charge on any atom is 0.337 e. The zero-order valence-corrected chi connectivity index (χ0v) is 12.4. The third-order valence-electron chi connectivity index (χ3n) is 3.22. The van der Waals surface area contributed by atoms with Crippen molar-refractivity contribution in [2.75, 3.05) is 11.9 Å². The Hall–Kier alpha value is -2.33. The molecule has 21 heavy (non-hydrogen) atoms. The summed E-state index contributed by atoms with van der Waals surface area (Å²) in [5.74, 6) is -1.39. The first-order valence-electron chi connectivity index (χ1n) is 6.28. The molecule has 0 spiro atoms. The van der Waals surface area contributed by atoms with Crippen molar-refractivity contribution in [1.82, 2.24) is 0 Å². The van der Waals surface area contributed by atoms with Crippen LogP contribution in [0.25, 0.3) is 0 Å². The molecule has 0 atom stereocenters. The Labute approximate surface area is 127 Å². The number of hydrogen-bond donors (Lipinski definition) is 1. The van der Waals surface area contributed by atoms with Crippen LogP contribution in [0.2, 0.25) is 5.02 Å². The molecule has 5 heteroatoms. The predicted octanol–water partition coefficient (Wildman–Crippen LogP) is 3.62. The van der Waals surface area contributed by atoms with Crippen molar-refractivity contribution in [3.63, 3.8) is 0 Å². The number of anilines is 1. The highest BCUT2D eigenvalue weighted by Gasteiger charge is 2.19. The fourth-order valence-electron chi connectivity index (χ4n) is 1.98. The lowest BCUT2D eigenvalue weighted by molar-refractivity contribution is 0.0697. The molecule has 0 bridgehead atoms. The van der Waals surface area contributed by atoms with Gasteiger partial charge < -0.3 is 10.0 Å². The summed E-state index contributed by atoms with van der Waals surface area (Å²) in [5, 5.41) is 9.69. The number of nitrogens with zero attached hydrogens (tertiary/aromatic N) is 1. The van der Waals surface area contributed by atoms with Crippen LogP contribution in [0.1, 0.15) is 26.3 Å². The van der Waals surface area contributed by atoms with E-state index in [9.17, 15) is 14.7 Å². The molecule has 2 aromatic rings. The van der Waals surface area contributed by atoms with Gasteiger partial charge in [0, 0.05) is 17.6 Å². The molecule has 1 amide bonds. The number of benzene rings is 2. The number of aromatic carboxylic acids is 1. The van der Waals surface area contributed by atoms with Crippen LogP contribution in [0, 0.1) is 6.92 Å². The average molecular weight is 304 g/mol. The van der Waals surface area contributed by atoms with E-state index >= 15 is 0 Å². The Morgan fingerprint density at radius 3 is 2.43 bits per heavy atom. The number of hydrogen-bond acceptors (Lipinski definition) is 2. The quantitative estimate of drug-likeness (QED) is 0.942. The van der Waals surface area contributed by atoms with E-state index in [0.29, 0.717) is 16.3 Å². The van der Waals surface area contributed by atoms with Gasteiger partial charge in [0.1, 0.15) is 0 Å². The van der Waals surface area contributed by atoms with E-state index in [1.54, 1.807) is 36.4 Å². The van der Waals surface area contributed by atoms with Crippen molar-refractivity contribution in [1.29, 1.82) is 0 Å². The summed E-state index contributed by atoms with van der Waals surface area (Å²) < 4.78 is 0.